The average Bonchev–Trinajstić information content (AvgIpc) is 2.70. The Balaban J connectivity index is 2.50. The molecule has 19 heavy (non-hydrogen) atoms. The maximum Gasteiger partial charge on any atom is 0.191 e. The van der Waals surface area contributed by atoms with Crippen LogP contribution in [-0.2, 0) is 11.3 Å². The van der Waals surface area contributed by atoms with Gasteiger partial charge in [-0.15, -0.1) is 11.3 Å². The molecule has 0 saturated carbocycles. The highest BCUT2D eigenvalue weighted by molar-refractivity contribution is 7.11. The summed E-state index contributed by atoms with van der Waals surface area (Å²) in [6.45, 7) is 9.29. The Kier molecular flexibility index (Phi) is 7.43. The third kappa shape index (κ3) is 6.02. The summed E-state index contributed by atoms with van der Waals surface area (Å²) in [5, 5.41) is 7.63. The van der Waals surface area contributed by atoms with Crippen molar-refractivity contribution in [3.05, 3.63) is 15.6 Å². The molecule has 0 aliphatic rings. The van der Waals surface area contributed by atoms with Gasteiger partial charge in [-0.2, -0.15) is 0 Å². The highest BCUT2D eigenvalue weighted by Crippen LogP contribution is 2.17. The fraction of sp³-hybridized carbons (Fsp3) is 0.692. The number of methoxy groups -OCH3 is 1. The Bertz CT molecular complexity index is 403. The van der Waals surface area contributed by atoms with Crippen molar-refractivity contribution < 1.29 is 4.74 Å². The predicted molar refractivity (Wildman–Crippen MR) is 80.9 cm³/mol. The number of ether oxygens (including phenoxy) is 1. The first kappa shape index (κ1) is 15.9. The Labute approximate surface area is 119 Å². The van der Waals surface area contributed by atoms with Crippen molar-refractivity contribution in [2.24, 2.45) is 4.99 Å². The van der Waals surface area contributed by atoms with Crippen LogP contribution >= 0.6 is 11.3 Å². The van der Waals surface area contributed by atoms with Crippen molar-refractivity contribution in [1.29, 1.82) is 0 Å². The van der Waals surface area contributed by atoms with Gasteiger partial charge in [0.2, 0.25) is 0 Å². The highest BCUT2D eigenvalue weighted by atomic mass is 32.1. The summed E-state index contributed by atoms with van der Waals surface area (Å²) in [4.78, 5) is 10.2. The van der Waals surface area contributed by atoms with E-state index in [0.29, 0.717) is 6.54 Å². The van der Waals surface area contributed by atoms with Crippen LogP contribution in [-0.4, -0.2) is 37.7 Å². The van der Waals surface area contributed by atoms with Gasteiger partial charge < -0.3 is 15.4 Å². The lowest BCUT2D eigenvalue weighted by Gasteiger charge is -2.10. The minimum atomic E-state index is 0.678. The quantitative estimate of drug-likeness (QED) is 0.456. The van der Waals surface area contributed by atoms with Crippen LogP contribution in [0.25, 0.3) is 0 Å². The van der Waals surface area contributed by atoms with E-state index in [1.54, 1.807) is 18.4 Å². The second-order valence-electron chi connectivity index (χ2n) is 4.21. The van der Waals surface area contributed by atoms with Crippen LogP contribution in [0, 0.1) is 13.8 Å². The number of aliphatic imine (C=N–C) groups is 1. The Hall–Kier alpha value is -1.14. The third-order valence-electron chi connectivity index (χ3n) is 2.54. The van der Waals surface area contributed by atoms with Crippen molar-refractivity contribution in [2.45, 2.75) is 33.7 Å². The fourth-order valence-electron chi connectivity index (χ4n) is 1.64. The predicted octanol–water partition coefficient (Wildman–Crippen LogP) is 1.85. The van der Waals surface area contributed by atoms with Gasteiger partial charge in [-0.25, -0.2) is 9.98 Å². The molecule has 5 nitrogen and oxygen atoms in total. The van der Waals surface area contributed by atoms with Gasteiger partial charge in [0.05, 0.1) is 17.2 Å². The minimum Gasteiger partial charge on any atom is -0.385 e. The molecule has 0 bridgehead atoms. The number of hydrogen-bond donors (Lipinski definition) is 2. The van der Waals surface area contributed by atoms with Crippen molar-refractivity contribution in [2.75, 3.05) is 26.8 Å². The van der Waals surface area contributed by atoms with Gasteiger partial charge in [0.15, 0.2) is 5.96 Å². The lowest BCUT2D eigenvalue weighted by molar-refractivity contribution is 0.195. The Morgan fingerprint density at radius 2 is 2.16 bits per heavy atom. The molecule has 1 rings (SSSR count). The molecular weight excluding hydrogens is 260 g/mol. The number of aryl methyl sites for hydroxylation is 2. The van der Waals surface area contributed by atoms with Crippen LogP contribution in [0.3, 0.4) is 0 Å². The van der Waals surface area contributed by atoms with Gasteiger partial charge in [0.1, 0.15) is 0 Å². The summed E-state index contributed by atoms with van der Waals surface area (Å²) in [5.74, 6) is 0.851. The molecule has 1 aromatic heterocycles. The van der Waals surface area contributed by atoms with E-state index >= 15 is 0 Å². The summed E-state index contributed by atoms with van der Waals surface area (Å²) >= 11 is 1.71. The van der Waals surface area contributed by atoms with Gasteiger partial charge in [0, 0.05) is 31.7 Å². The van der Waals surface area contributed by atoms with Crippen LogP contribution in [0.4, 0.5) is 0 Å². The molecule has 6 heteroatoms. The number of nitrogens with one attached hydrogen (secondary N) is 2. The molecule has 0 unspecified atom stereocenters. The van der Waals surface area contributed by atoms with Gasteiger partial charge in [-0.1, -0.05) is 0 Å². The highest BCUT2D eigenvalue weighted by Gasteiger charge is 2.04. The summed E-state index contributed by atoms with van der Waals surface area (Å²) in [6, 6.07) is 0. The monoisotopic (exact) mass is 284 g/mol. The van der Waals surface area contributed by atoms with E-state index in [-0.39, 0.29) is 0 Å². The SMILES string of the molecule is CCNC(=NCc1sc(C)nc1C)NCCCOC. The zero-order valence-corrected chi connectivity index (χ0v) is 13.1. The maximum atomic E-state index is 5.02. The standard InChI is InChI=1S/C13H24N4OS/c1-5-14-13(15-7-6-8-18-4)16-9-12-10(2)17-11(3)19-12/h5-9H2,1-4H3,(H2,14,15,16). The molecule has 0 atom stereocenters. The molecular formula is C13H24N4OS. The second-order valence-corrected chi connectivity index (χ2v) is 5.50. The third-order valence-corrected chi connectivity index (χ3v) is 3.60. The zero-order valence-electron chi connectivity index (χ0n) is 12.2. The Morgan fingerprint density at radius 1 is 1.37 bits per heavy atom. The molecule has 0 aliphatic carbocycles. The molecule has 0 amide bonds. The van der Waals surface area contributed by atoms with Gasteiger partial charge >= 0.3 is 0 Å². The van der Waals surface area contributed by atoms with E-state index in [9.17, 15) is 0 Å². The number of nitrogens with zero attached hydrogens (tertiary/aromatic N) is 2. The van der Waals surface area contributed by atoms with E-state index in [2.05, 4.69) is 27.5 Å². The van der Waals surface area contributed by atoms with Crippen LogP contribution in [0.15, 0.2) is 4.99 Å². The van der Waals surface area contributed by atoms with Gasteiger partial charge in [0.25, 0.3) is 0 Å². The normalized spacial score (nSPS) is 11.7. The lowest BCUT2D eigenvalue weighted by Crippen LogP contribution is -2.38. The topological polar surface area (TPSA) is 58.5 Å². The lowest BCUT2D eigenvalue weighted by atomic mass is 10.4. The van der Waals surface area contributed by atoms with Gasteiger partial charge in [-0.05, 0) is 27.2 Å². The largest absolute Gasteiger partial charge is 0.385 e. The van der Waals surface area contributed by atoms with E-state index in [4.69, 9.17) is 4.74 Å². The van der Waals surface area contributed by atoms with E-state index in [1.165, 1.54) is 4.88 Å². The molecule has 0 aliphatic heterocycles. The number of aromatic nitrogens is 1. The maximum absolute atomic E-state index is 5.02. The fourth-order valence-corrected chi connectivity index (χ4v) is 2.50. The van der Waals surface area contributed by atoms with Crippen LogP contribution in [0.2, 0.25) is 0 Å². The van der Waals surface area contributed by atoms with E-state index < -0.39 is 0 Å². The molecule has 0 saturated heterocycles. The molecule has 1 heterocycles. The number of guanidine groups is 1. The van der Waals surface area contributed by atoms with Crippen LogP contribution in [0.5, 0.6) is 0 Å². The number of hydrogen-bond acceptors (Lipinski definition) is 4. The first-order valence-corrected chi connectivity index (χ1v) is 7.43. The van der Waals surface area contributed by atoms with Gasteiger partial charge in [-0.3, -0.25) is 0 Å². The first-order valence-electron chi connectivity index (χ1n) is 6.61. The zero-order chi connectivity index (χ0) is 14.1. The Morgan fingerprint density at radius 3 is 2.74 bits per heavy atom. The molecule has 1 aromatic rings. The molecule has 2 N–H and O–H groups in total. The number of thiazole rings is 1. The van der Waals surface area contributed by atoms with Crippen molar-refractivity contribution in [1.82, 2.24) is 15.6 Å². The van der Waals surface area contributed by atoms with E-state index in [0.717, 1.165) is 42.8 Å². The average molecular weight is 284 g/mol. The molecule has 0 fully saturated rings. The minimum absolute atomic E-state index is 0.678. The summed E-state index contributed by atoms with van der Waals surface area (Å²) < 4.78 is 5.02. The van der Waals surface area contributed by atoms with Crippen molar-refractivity contribution >= 4 is 17.3 Å². The van der Waals surface area contributed by atoms with Crippen LogP contribution in [0.1, 0.15) is 28.9 Å². The van der Waals surface area contributed by atoms with Crippen molar-refractivity contribution in [3.63, 3.8) is 0 Å². The van der Waals surface area contributed by atoms with Crippen molar-refractivity contribution in [3.8, 4) is 0 Å². The van der Waals surface area contributed by atoms with Crippen LogP contribution < -0.4 is 10.6 Å². The van der Waals surface area contributed by atoms with E-state index in [1.807, 2.05) is 13.8 Å². The molecule has 108 valence electrons. The molecule has 0 spiro atoms. The molecule has 0 aromatic carbocycles. The summed E-state index contributed by atoms with van der Waals surface area (Å²) in [7, 11) is 1.72. The first-order chi connectivity index (χ1) is 9.17. The smallest absolute Gasteiger partial charge is 0.191 e. The number of rotatable bonds is 7. The summed E-state index contributed by atoms with van der Waals surface area (Å²) in [5.41, 5.74) is 1.08. The second kappa shape index (κ2) is 8.87. The summed E-state index contributed by atoms with van der Waals surface area (Å²) in [6.07, 6.45) is 0.972. The molecule has 0 radical (unpaired) electrons.